The van der Waals surface area contributed by atoms with Gasteiger partial charge in [0.25, 0.3) is 0 Å². The Morgan fingerprint density at radius 1 is 1.06 bits per heavy atom. The molecule has 0 radical (unpaired) electrons. The number of fused-ring (bicyclic) bond motifs is 1. The van der Waals surface area contributed by atoms with Gasteiger partial charge in [-0.1, -0.05) is 62.4 Å². The summed E-state index contributed by atoms with van der Waals surface area (Å²) in [6.45, 7) is 4.48. The molecule has 0 spiro atoms. The first-order valence-corrected chi connectivity index (χ1v) is 12.9. The normalized spacial score (nSPS) is 13.4. The van der Waals surface area contributed by atoms with E-state index in [1.54, 1.807) is 10.9 Å². The number of hydrogen-bond acceptors (Lipinski definition) is 3. The third-order valence-electron chi connectivity index (χ3n) is 6.12. The molecule has 186 valence electrons. The van der Waals surface area contributed by atoms with Gasteiger partial charge < -0.3 is 15.4 Å². The van der Waals surface area contributed by atoms with Crippen molar-refractivity contribution in [2.75, 3.05) is 6.54 Å². The van der Waals surface area contributed by atoms with Crippen LogP contribution in [0.3, 0.4) is 0 Å². The summed E-state index contributed by atoms with van der Waals surface area (Å²) in [5, 5.41) is 13.5. The Morgan fingerprint density at radius 2 is 1.77 bits per heavy atom. The average Bonchev–Trinajstić information content (AvgIpc) is 3.26. The number of carbonyl (C=O) groups is 2. The zero-order valence-electron chi connectivity index (χ0n) is 20.3. The molecule has 0 unspecified atom stereocenters. The van der Waals surface area contributed by atoms with Crippen LogP contribution in [0.4, 0.5) is 0 Å². The van der Waals surface area contributed by atoms with Crippen LogP contribution in [-0.4, -0.2) is 45.3 Å². The Labute approximate surface area is 208 Å². The summed E-state index contributed by atoms with van der Waals surface area (Å²) >= 11 is 0. The van der Waals surface area contributed by atoms with Crippen molar-refractivity contribution in [1.29, 1.82) is 0 Å². The highest BCUT2D eigenvalue weighted by molar-refractivity contribution is 7.20. The van der Waals surface area contributed by atoms with Gasteiger partial charge in [0.1, 0.15) is 6.04 Å². The van der Waals surface area contributed by atoms with Crippen molar-refractivity contribution < 1.29 is 19.3 Å². The second kappa shape index (κ2) is 13.2. The van der Waals surface area contributed by atoms with Crippen LogP contribution in [0.15, 0.2) is 60.8 Å². The Kier molecular flexibility index (Phi) is 10.0. The number of H-pyrrole nitrogens is 1. The summed E-state index contributed by atoms with van der Waals surface area (Å²) in [4.78, 5) is 28.4. The summed E-state index contributed by atoms with van der Waals surface area (Å²) in [5.41, 5.74) is 2.99. The monoisotopic (exact) mass is 495 g/mol. The highest BCUT2D eigenvalue weighted by atomic mass is 31.1. The van der Waals surface area contributed by atoms with Gasteiger partial charge in [-0.05, 0) is 48.8 Å². The van der Waals surface area contributed by atoms with Gasteiger partial charge in [-0.25, -0.2) is 9.46 Å². The minimum Gasteiger partial charge on any atom is -0.480 e. The average molecular weight is 496 g/mol. The van der Waals surface area contributed by atoms with Crippen molar-refractivity contribution in [2.45, 2.75) is 58.0 Å². The van der Waals surface area contributed by atoms with Crippen LogP contribution in [0, 0.1) is 5.92 Å². The number of aliphatic carboxylic acids is 1. The molecule has 7 nitrogen and oxygen atoms in total. The number of nitrogens with one attached hydrogen (secondary N) is 2. The molecule has 3 aromatic rings. The highest BCUT2D eigenvalue weighted by Gasteiger charge is 2.31. The van der Waals surface area contributed by atoms with Gasteiger partial charge in [-0.3, -0.25) is 9.36 Å². The van der Waals surface area contributed by atoms with Crippen molar-refractivity contribution in [3.8, 4) is 0 Å². The quantitative estimate of drug-likeness (QED) is 0.210. The lowest BCUT2D eigenvalue weighted by atomic mass is 10.0. The standard InChI is InChI=1S/C27H34N3O4P/c1-19(2)16-25(30(35-34)15-9-8-12-20-10-4-3-5-11-20)26(31)29-24(27(32)33)17-21-18-28-23-14-7-6-13-22(21)23/h3-7,10-11,13-14,18-19,24-25,28H,8-9,12,15-17H2,1-2H3,(H,29,31)(H,32,33)/t24-,25-/m0/s1. The van der Waals surface area contributed by atoms with E-state index in [1.165, 1.54) is 5.56 Å². The second-order valence-electron chi connectivity index (χ2n) is 9.30. The minimum absolute atomic E-state index is 0.158. The molecule has 0 aliphatic rings. The van der Waals surface area contributed by atoms with Crippen molar-refractivity contribution in [3.05, 3.63) is 71.9 Å². The fourth-order valence-electron chi connectivity index (χ4n) is 4.30. The van der Waals surface area contributed by atoms with Gasteiger partial charge in [-0.2, -0.15) is 0 Å². The lowest BCUT2D eigenvalue weighted by Crippen LogP contribution is -2.50. The summed E-state index contributed by atoms with van der Waals surface area (Å²) in [7, 11) is -0.233. The van der Waals surface area contributed by atoms with Crippen LogP contribution >= 0.6 is 8.61 Å². The van der Waals surface area contributed by atoms with E-state index in [4.69, 9.17) is 0 Å². The number of nitrogens with zero attached hydrogens (tertiary/aromatic N) is 1. The van der Waals surface area contributed by atoms with Crippen LogP contribution in [-0.2, 0) is 27.0 Å². The topological polar surface area (TPSA) is 102 Å². The fraction of sp³-hybridized carbons (Fsp3) is 0.407. The van der Waals surface area contributed by atoms with Crippen molar-refractivity contribution in [1.82, 2.24) is 15.0 Å². The Bertz CT molecular complexity index is 1120. The fourth-order valence-corrected chi connectivity index (χ4v) is 4.84. The van der Waals surface area contributed by atoms with E-state index in [2.05, 4.69) is 22.4 Å². The predicted molar refractivity (Wildman–Crippen MR) is 139 cm³/mol. The Morgan fingerprint density at radius 3 is 2.46 bits per heavy atom. The number of hydrogen-bond donors (Lipinski definition) is 3. The van der Waals surface area contributed by atoms with Gasteiger partial charge in [0.05, 0.1) is 6.04 Å². The van der Waals surface area contributed by atoms with E-state index < -0.39 is 24.0 Å². The van der Waals surface area contributed by atoms with E-state index in [0.29, 0.717) is 13.0 Å². The third-order valence-corrected chi connectivity index (χ3v) is 6.81. The molecule has 3 rings (SSSR count). The van der Waals surface area contributed by atoms with Crippen molar-refractivity contribution in [3.63, 3.8) is 0 Å². The zero-order chi connectivity index (χ0) is 25.2. The number of aryl methyl sites for hydroxylation is 1. The first-order chi connectivity index (χ1) is 16.9. The zero-order valence-corrected chi connectivity index (χ0v) is 21.2. The molecule has 35 heavy (non-hydrogen) atoms. The minimum atomic E-state index is -1.10. The number of aromatic nitrogens is 1. The van der Waals surface area contributed by atoms with Gasteiger partial charge in [0.15, 0.2) is 0 Å². The predicted octanol–water partition coefficient (Wildman–Crippen LogP) is 5.23. The SMILES string of the molecule is CC(C)C[C@@H](C(=O)N[C@@H](Cc1c[nH]c2ccccc12)C(=O)O)N(CCCCc1ccccc1)P=O. The molecular weight excluding hydrogens is 461 g/mol. The molecule has 2 aromatic carbocycles. The first kappa shape index (κ1) is 26.6. The summed E-state index contributed by atoms with van der Waals surface area (Å²) in [6.07, 6.45) is 5.03. The van der Waals surface area contributed by atoms with Gasteiger partial charge in [0, 0.05) is 30.1 Å². The van der Waals surface area contributed by atoms with E-state index in [-0.39, 0.29) is 20.9 Å². The van der Waals surface area contributed by atoms with Gasteiger partial charge >= 0.3 is 5.97 Å². The van der Waals surface area contributed by atoms with Crippen LogP contribution in [0.2, 0.25) is 0 Å². The van der Waals surface area contributed by atoms with Crippen LogP contribution < -0.4 is 5.32 Å². The number of carboxylic acids is 1. The maximum atomic E-state index is 13.3. The summed E-state index contributed by atoms with van der Waals surface area (Å²) in [5.74, 6) is -1.32. The van der Waals surface area contributed by atoms with E-state index in [9.17, 15) is 19.3 Å². The maximum Gasteiger partial charge on any atom is 0.326 e. The molecule has 0 saturated carbocycles. The lowest BCUT2D eigenvalue weighted by molar-refractivity contribution is -0.142. The molecule has 1 heterocycles. The molecule has 0 aliphatic carbocycles. The number of unbranched alkanes of at least 4 members (excludes halogenated alkanes) is 1. The van der Waals surface area contributed by atoms with E-state index >= 15 is 0 Å². The van der Waals surface area contributed by atoms with Crippen LogP contribution in [0.5, 0.6) is 0 Å². The largest absolute Gasteiger partial charge is 0.480 e. The van der Waals surface area contributed by atoms with E-state index in [1.807, 2.05) is 56.3 Å². The van der Waals surface area contributed by atoms with Crippen molar-refractivity contribution in [2.24, 2.45) is 5.92 Å². The van der Waals surface area contributed by atoms with E-state index in [0.717, 1.165) is 35.7 Å². The van der Waals surface area contributed by atoms with Gasteiger partial charge in [-0.15, -0.1) is 0 Å². The highest BCUT2D eigenvalue weighted by Crippen LogP contribution is 2.22. The summed E-state index contributed by atoms with van der Waals surface area (Å²) < 4.78 is 13.7. The number of benzene rings is 2. The maximum absolute atomic E-state index is 13.3. The number of amides is 1. The Hall–Kier alpha value is -3.02. The second-order valence-corrected chi connectivity index (χ2v) is 9.97. The number of rotatable bonds is 14. The number of aromatic amines is 1. The molecule has 2 atom stereocenters. The first-order valence-electron chi connectivity index (χ1n) is 12.1. The van der Waals surface area contributed by atoms with Crippen LogP contribution in [0.1, 0.15) is 44.2 Å². The molecule has 3 N–H and O–H groups in total. The smallest absolute Gasteiger partial charge is 0.326 e. The number of para-hydroxylation sites is 1. The third kappa shape index (κ3) is 7.74. The molecular formula is C27H34N3O4P. The van der Waals surface area contributed by atoms with Crippen LogP contribution in [0.25, 0.3) is 10.9 Å². The number of carboxylic acid groups (broad SMARTS) is 1. The molecule has 0 saturated heterocycles. The Balaban J connectivity index is 1.65. The summed E-state index contributed by atoms with van der Waals surface area (Å²) in [6, 6.07) is 16.1. The molecule has 1 aromatic heterocycles. The molecule has 0 bridgehead atoms. The molecule has 8 heteroatoms. The molecule has 0 aliphatic heterocycles. The molecule has 0 fully saturated rings. The van der Waals surface area contributed by atoms with Gasteiger partial charge in [0.2, 0.25) is 14.5 Å². The lowest BCUT2D eigenvalue weighted by Gasteiger charge is -2.27. The number of carbonyl (C=O) groups excluding carboxylic acids is 1. The molecule has 1 amide bonds. The van der Waals surface area contributed by atoms with Crippen molar-refractivity contribution >= 4 is 31.4 Å².